The van der Waals surface area contributed by atoms with Gasteiger partial charge in [-0.1, -0.05) is 20.3 Å². The largest absolute Gasteiger partial charge is 0.399 e. The molecule has 4 heteroatoms. The number of nitrogens with one attached hydrogen (secondary N) is 2. The van der Waals surface area contributed by atoms with E-state index in [0.29, 0.717) is 23.2 Å². The molecule has 3 unspecified atom stereocenters. The second kappa shape index (κ2) is 6.16. The molecule has 0 aromatic heterocycles. The third-order valence-corrected chi connectivity index (χ3v) is 4.61. The van der Waals surface area contributed by atoms with Crippen LogP contribution in [0.15, 0.2) is 18.2 Å². The lowest BCUT2D eigenvalue weighted by molar-refractivity contribution is 0.0964. The molecule has 0 saturated heterocycles. The van der Waals surface area contributed by atoms with E-state index >= 15 is 0 Å². The van der Waals surface area contributed by atoms with E-state index in [0.717, 1.165) is 18.0 Å². The van der Waals surface area contributed by atoms with Crippen molar-refractivity contribution in [1.29, 1.82) is 0 Å². The van der Waals surface area contributed by atoms with Crippen LogP contribution in [0.5, 0.6) is 0 Å². The lowest BCUT2D eigenvalue weighted by Crippen LogP contribution is -2.27. The predicted molar refractivity (Wildman–Crippen MR) is 83.8 cm³/mol. The summed E-state index contributed by atoms with van der Waals surface area (Å²) in [5.41, 5.74) is 8.04. The van der Waals surface area contributed by atoms with Gasteiger partial charge in [-0.15, -0.1) is 0 Å². The summed E-state index contributed by atoms with van der Waals surface area (Å²) in [5, 5.41) is 6.22. The van der Waals surface area contributed by atoms with Crippen molar-refractivity contribution in [3.8, 4) is 0 Å². The molecule has 1 aliphatic rings. The maximum absolute atomic E-state index is 11.9. The van der Waals surface area contributed by atoms with E-state index in [1.54, 1.807) is 19.2 Å². The van der Waals surface area contributed by atoms with E-state index in [9.17, 15) is 4.79 Å². The number of hydrogen-bond donors (Lipinski definition) is 3. The first kappa shape index (κ1) is 14.7. The van der Waals surface area contributed by atoms with Gasteiger partial charge >= 0.3 is 0 Å². The Labute approximate surface area is 121 Å². The minimum atomic E-state index is -0.0785. The molecule has 4 nitrogen and oxygen atoms in total. The number of nitrogen functional groups attached to an aromatic ring is 1. The maximum Gasteiger partial charge on any atom is 0.253 e. The van der Waals surface area contributed by atoms with Crippen LogP contribution in [0.3, 0.4) is 0 Å². The van der Waals surface area contributed by atoms with Crippen LogP contribution >= 0.6 is 0 Å². The summed E-state index contributed by atoms with van der Waals surface area (Å²) in [6, 6.07) is 5.83. The zero-order valence-electron chi connectivity index (χ0n) is 12.6. The Morgan fingerprint density at radius 3 is 2.75 bits per heavy atom. The minimum absolute atomic E-state index is 0.0785. The fourth-order valence-electron chi connectivity index (χ4n) is 3.24. The Balaban J connectivity index is 2.20. The number of nitrogens with two attached hydrogens (primary N) is 1. The third-order valence-electron chi connectivity index (χ3n) is 4.61. The zero-order chi connectivity index (χ0) is 14.7. The molecule has 2 rings (SSSR count). The molecule has 0 spiro atoms. The first-order valence-corrected chi connectivity index (χ1v) is 7.45. The lowest BCUT2D eigenvalue weighted by atomic mass is 9.93. The molecule has 4 N–H and O–H groups in total. The monoisotopic (exact) mass is 275 g/mol. The van der Waals surface area contributed by atoms with Gasteiger partial charge in [0.25, 0.3) is 5.91 Å². The van der Waals surface area contributed by atoms with E-state index in [1.165, 1.54) is 12.8 Å². The average Bonchev–Trinajstić information content (AvgIpc) is 2.79. The Hall–Kier alpha value is -1.71. The van der Waals surface area contributed by atoms with Crippen molar-refractivity contribution < 1.29 is 4.79 Å². The molecular formula is C16H25N3O. The smallest absolute Gasteiger partial charge is 0.253 e. The highest BCUT2D eigenvalue weighted by molar-refractivity contribution is 6.00. The van der Waals surface area contributed by atoms with Crippen molar-refractivity contribution >= 4 is 17.3 Å². The number of benzene rings is 1. The highest BCUT2D eigenvalue weighted by Gasteiger charge is 2.31. The first-order valence-electron chi connectivity index (χ1n) is 7.45. The van der Waals surface area contributed by atoms with Gasteiger partial charge in [-0.2, -0.15) is 0 Å². The fourth-order valence-corrected chi connectivity index (χ4v) is 3.24. The Bertz CT molecular complexity index is 487. The normalized spacial score (nSPS) is 25.4. The Kier molecular flexibility index (Phi) is 4.53. The molecule has 3 atom stereocenters. The summed E-state index contributed by atoms with van der Waals surface area (Å²) in [6.45, 7) is 4.55. The van der Waals surface area contributed by atoms with Crippen molar-refractivity contribution in [2.24, 2.45) is 11.8 Å². The topological polar surface area (TPSA) is 67.1 Å². The second-order valence-corrected chi connectivity index (χ2v) is 5.74. The van der Waals surface area contributed by atoms with Crippen LogP contribution in [0.1, 0.15) is 43.5 Å². The van der Waals surface area contributed by atoms with Gasteiger partial charge in [0.15, 0.2) is 0 Å². The number of hydrogen-bond acceptors (Lipinski definition) is 3. The number of carbonyl (C=O) groups is 1. The maximum atomic E-state index is 11.9. The Morgan fingerprint density at radius 2 is 2.15 bits per heavy atom. The molecule has 1 aromatic carbocycles. The van der Waals surface area contributed by atoms with Gasteiger partial charge in [-0.25, -0.2) is 0 Å². The van der Waals surface area contributed by atoms with Crippen LogP contribution < -0.4 is 16.4 Å². The third kappa shape index (κ3) is 2.89. The summed E-state index contributed by atoms with van der Waals surface area (Å²) >= 11 is 0. The number of carbonyl (C=O) groups excluding carboxylic acids is 1. The van der Waals surface area contributed by atoms with E-state index in [4.69, 9.17) is 5.73 Å². The summed E-state index contributed by atoms with van der Waals surface area (Å²) < 4.78 is 0. The molecule has 1 aromatic rings. The molecule has 1 aliphatic carbocycles. The quantitative estimate of drug-likeness (QED) is 0.740. The van der Waals surface area contributed by atoms with Crippen molar-refractivity contribution in [3.05, 3.63) is 23.8 Å². The lowest BCUT2D eigenvalue weighted by Gasteiger charge is -2.23. The molecule has 110 valence electrons. The Morgan fingerprint density at radius 1 is 1.40 bits per heavy atom. The van der Waals surface area contributed by atoms with Crippen molar-refractivity contribution in [1.82, 2.24) is 5.32 Å². The van der Waals surface area contributed by atoms with Gasteiger partial charge in [0.1, 0.15) is 0 Å². The first-order chi connectivity index (χ1) is 9.56. The van der Waals surface area contributed by atoms with Crippen LogP contribution in [-0.4, -0.2) is 19.0 Å². The van der Waals surface area contributed by atoms with Crippen LogP contribution in [0.25, 0.3) is 0 Å². The summed E-state index contributed by atoms with van der Waals surface area (Å²) in [6.07, 6.45) is 3.63. The predicted octanol–water partition coefficient (Wildman–Crippen LogP) is 2.87. The highest BCUT2D eigenvalue weighted by atomic mass is 16.1. The van der Waals surface area contributed by atoms with Crippen LogP contribution in [0.2, 0.25) is 0 Å². The average molecular weight is 275 g/mol. The molecule has 1 amide bonds. The van der Waals surface area contributed by atoms with Gasteiger partial charge in [0.2, 0.25) is 0 Å². The van der Waals surface area contributed by atoms with Gasteiger partial charge < -0.3 is 16.4 Å². The zero-order valence-corrected chi connectivity index (χ0v) is 12.6. The molecule has 1 saturated carbocycles. The molecule has 0 bridgehead atoms. The van der Waals surface area contributed by atoms with Crippen LogP contribution in [0.4, 0.5) is 11.4 Å². The van der Waals surface area contributed by atoms with Gasteiger partial charge in [0, 0.05) is 24.5 Å². The van der Waals surface area contributed by atoms with Crippen molar-refractivity contribution in [3.63, 3.8) is 0 Å². The minimum Gasteiger partial charge on any atom is -0.399 e. The fraction of sp³-hybridized carbons (Fsp3) is 0.562. The highest BCUT2D eigenvalue weighted by Crippen LogP contribution is 2.36. The molecule has 0 aliphatic heterocycles. The van der Waals surface area contributed by atoms with Gasteiger partial charge in [-0.3, -0.25) is 4.79 Å². The van der Waals surface area contributed by atoms with Crippen molar-refractivity contribution in [2.75, 3.05) is 18.1 Å². The number of rotatable bonds is 4. The molecule has 20 heavy (non-hydrogen) atoms. The van der Waals surface area contributed by atoms with E-state index in [1.807, 2.05) is 6.07 Å². The molecular weight excluding hydrogens is 250 g/mol. The number of anilines is 2. The standard InChI is InChI=1S/C16H25N3O/c1-4-11-5-8-14(10(11)2)19-15-9-12(17)6-7-13(15)16(20)18-3/h6-7,9-11,14,19H,4-5,8,17H2,1-3H3,(H,18,20). The second-order valence-electron chi connectivity index (χ2n) is 5.74. The van der Waals surface area contributed by atoms with Crippen molar-refractivity contribution in [2.45, 2.75) is 39.2 Å². The molecule has 0 radical (unpaired) electrons. The summed E-state index contributed by atoms with van der Waals surface area (Å²) in [4.78, 5) is 11.9. The molecule has 1 fully saturated rings. The van der Waals surface area contributed by atoms with E-state index in [-0.39, 0.29) is 5.91 Å². The van der Waals surface area contributed by atoms with E-state index in [2.05, 4.69) is 24.5 Å². The van der Waals surface area contributed by atoms with Gasteiger partial charge in [-0.05, 0) is 42.9 Å². The SMILES string of the molecule is CCC1CCC(Nc2cc(N)ccc2C(=O)NC)C1C. The van der Waals surface area contributed by atoms with E-state index < -0.39 is 0 Å². The van der Waals surface area contributed by atoms with Crippen LogP contribution in [-0.2, 0) is 0 Å². The summed E-state index contributed by atoms with van der Waals surface area (Å²) in [5.74, 6) is 1.32. The molecule has 0 heterocycles. The van der Waals surface area contributed by atoms with Gasteiger partial charge in [0.05, 0.1) is 5.56 Å². The summed E-state index contributed by atoms with van der Waals surface area (Å²) in [7, 11) is 1.65. The number of amides is 1. The van der Waals surface area contributed by atoms with Crippen LogP contribution in [0, 0.1) is 11.8 Å².